The van der Waals surface area contributed by atoms with Crippen LogP contribution in [0, 0.1) is 12.7 Å². The molecule has 1 atom stereocenters. The third-order valence-corrected chi connectivity index (χ3v) is 5.48. The number of benzene rings is 1. The monoisotopic (exact) mass is 384 g/mol. The number of carbonyl (C=O) groups is 1. The van der Waals surface area contributed by atoms with Crippen molar-refractivity contribution in [3.8, 4) is 0 Å². The Morgan fingerprint density at radius 1 is 1.29 bits per heavy atom. The van der Waals surface area contributed by atoms with Gasteiger partial charge in [0.05, 0.1) is 12.4 Å². The summed E-state index contributed by atoms with van der Waals surface area (Å²) in [5.74, 6) is 1.55. The van der Waals surface area contributed by atoms with Crippen molar-refractivity contribution in [3.63, 3.8) is 0 Å². The number of aliphatic imine (C=N–C) groups is 2. The number of nitrogens with zero attached hydrogens (tertiary/aromatic N) is 5. The zero-order valence-corrected chi connectivity index (χ0v) is 16.2. The number of rotatable bonds is 3. The van der Waals surface area contributed by atoms with Crippen LogP contribution in [-0.4, -0.2) is 71.7 Å². The summed E-state index contributed by atoms with van der Waals surface area (Å²) in [6.45, 7) is 7.26. The molecule has 3 aliphatic rings. The third kappa shape index (κ3) is 3.58. The number of nitrogens with one attached hydrogen (secondary N) is 1. The summed E-state index contributed by atoms with van der Waals surface area (Å²) in [6, 6.07) is 4.84. The fraction of sp³-hybridized carbons (Fsp3) is 0.450. The molecule has 1 unspecified atom stereocenters. The molecule has 1 N–H and O–H groups in total. The topological polar surface area (TPSA) is 63.5 Å². The van der Waals surface area contributed by atoms with E-state index in [1.54, 1.807) is 24.0 Å². The van der Waals surface area contributed by atoms with Crippen molar-refractivity contribution in [2.24, 2.45) is 9.98 Å². The van der Waals surface area contributed by atoms with E-state index in [-0.39, 0.29) is 11.8 Å². The third-order valence-electron chi connectivity index (χ3n) is 5.48. The Labute approximate surface area is 164 Å². The summed E-state index contributed by atoms with van der Waals surface area (Å²) in [5, 5.41) is 2.82. The Morgan fingerprint density at radius 3 is 2.82 bits per heavy atom. The van der Waals surface area contributed by atoms with Gasteiger partial charge < -0.3 is 20.0 Å². The Bertz CT molecular complexity index is 856. The lowest BCUT2D eigenvalue weighted by Crippen LogP contribution is -2.50. The Kier molecular flexibility index (Phi) is 5.02. The van der Waals surface area contributed by atoms with Gasteiger partial charge >= 0.3 is 6.03 Å². The van der Waals surface area contributed by atoms with Gasteiger partial charge in [-0.15, -0.1) is 0 Å². The first-order valence-electron chi connectivity index (χ1n) is 9.71. The molecule has 3 aliphatic heterocycles. The number of amides is 2. The average Bonchev–Trinajstić information content (AvgIpc) is 3.14. The summed E-state index contributed by atoms with van der Waals surface area (Å²) >= 11 is 0. The Morgan fingerprint density at radius 2 is 2.07 bits per heavy atom. The quantitative estimate of drug-likeness (QED) is 0.872. The first-order valence-corrected chi connectivity index (χ1v) is 9.71. The van der Waals surface area contributed by atoms with Crippen LogP contribution in [0.2, 0.25) is 0 Å². The van der Waals surface area contributed by atoms with Gasteiger partial charge in [-0.2, -0.15) is 0 Å². The van der Waals surface area contributed by atoms with Gasteiger partial charge in [-0.1, -0.05) is 13.0 Å². The Hall–Kier alpha value is -2.90. The van der Waals surface area contributed by atoms with Crippen LogP contribution in [-0.2, 0) is 0 Å². The van der Waals surface area contributed by atoms with E-state index in [1.165, 1.54) is 6.07 Å². The second-order valence-corrected chi connectivity index (χ2v) is 7.27. The lowest BCUT2D eigenvalue weighted by Gasteiger charge is -2.36. The number of piperazine rings is 1. The number of carbonyl (C=O) groups excluding carboxylic acids is 1. The first kappa shape index (κ1) is 18.5. The van der Waals surface area contributed by atoms with E-state index < -0.39 is 0 Å². The summed E-state index contributed by atoms with van der Waals surface area (Å²) in [5.41, 5.74) is 0.959. The minimum atomic E-state index is -0.320. The van der Waals surface area contributed by atoms with Gasteiger partial charge in [0.25, 0.3) is 0 Å². The van der Waals surface area contributed by atoms with E-state index in [1.807, 2.05) is 12.4 Å². The summed E-state index contributed by atoms with van der Waals surface area (Å²) < 4.78 is 13.7. The molecule has 0 saturated carbocycles. The largest absolute Gasteiger partial charge is 0.353 e. The highest BCUT2D eigenvalue weighted by atomic mass is 19.1. The summed E-state index contributed by atoms with van der Waals surface area (Å²) in [7, 11) is 0. The molecular formula is C20H25FN6O. The van der Waals surface area contributed by atoms with Crippen LogP contribution in [0.4, 0.5) is 14.9 Å². The molecule has 1 saturated heterocycles. The van der Waals surface area contributed by atoms with Crippen LogP contribution in [0.5, 0.6) is 0 Å². The van der Waals surface area contributed by atoms with Crippen molar-refractivity contribution in [2.75, 3.05) is 38.0 Å². The number of urea groups is 1. The van der Waals surface area contributed by atoms with Crippen molar-refractivity contribution in [1.82, 2.24) is 14.7 Å². The van der Waals surface area contributed by atoms with Crippen molar-refractivity contribution < 1.29 is 9.18 Å². The molecule has 1 fully saturated rings. The highest BCUT2D eigenvalue weighted by Crippen LogP contribution is 2.21. The van der Waals surface area contributed by atoms with Gasteiger partial charge in [-0.05, 0) is 25.5 Å². The molecule has 8 heteroatoms. The van der Waals surface area contributed by atoms with Gasteiger partial charge in [-0.25, -0.2) is 14.2 Å². The molecular weight excluding hydrogens is 359 g/mol. The fourth-order valence-corrected chi connectivity index (χ4v) is 3.60. The summed E-state index contributed by atoms with van der Waals surface area (Å²) in [4.78, 5) is 27.8. The van der Waals surface area contributed by atoms with E-state index in [0.717, 1.165) is 24.6 Å². The van der Waals surface area contributed by atoms with Crippen LogP contribution in [0.3, 0.4) is 0 Å². The number of amidine groups is 1. The highest BCUT2D eigenvalue weighted by Gasteiger charge is 2.28. The molecule has 0 aromatic heterocycles. The maximum Gasteiger partial charge on any atom is 0.321 e. The zero-order valence-electron chi connectivity index (χ0n) is 16.2. The number of anilines is 1. The van der Waals surface area contributed by atoms with Crippen LogP contribution in [0.15, 0.2) is 40.1 Å². The molecule has 0 aliphatic carbocycles. The fourth-order valence-electron chi connectivity index (χ4n) is 3.60. The zero-order chi connectivity index (χ0) is 19.7. The maximum absolute atomic E-state index is 13.7. The van der Waals surface area contributed by atoms with Crippen LogP contribution < -0.4 is 5.32 Å². The minimum absolute atomic E-state index is 0.202. The molecule has 148 valence electrons. The van der Waals surface area contributed by atoms with Crippen LogP contribution in [0.25, 0.3) is 0 Å². The van der Waals surface area contributed by atoms with Gasteiger partial charge in [-0.3, -0.25) is 4.99 Å². The smallest absolute Gasteiger partial charge is 0.321 e. The molecule has 0 radical (unpaired) electrons. The molecule has 0 bridgehead atoms. The molecule has 1 aromatic rings. The average molecular weight is 384 g/mol. The van der Waals surface area contributed by atoms with E-state index in [0.29, 0.717) is 43.5 Å². The standard InChI is InChI=1S/C20H25FN6O/c1-3-15-12-27-13-22-18(11-19(27)23-15)25-7-9-26(10-8-25)20(28)24-17-6-4-5-16(21)14(17)2/h4-6,11,13,15H,3,7-10,12H2,1-2H3,(H,24,28). The Balaban J connectivity index is 1.35. The van der Waals surface area contributed by atoms with Gasteiger partial charge in [0.1, 0.15) is 17.5 Å². The van der Waals surface area contributed by atoms with E-state index in [4.69, 9.17) is 4.99 Å². The van der Waals surface area contributed by atoms with Gasteiger partial charge in [0, 0.05) is 50.1 Å². The lowest BCUT2D eigenvalue weighted by atomic mass is 10.2. The van der Waals surface area contributed by atoms with E-state index in [9.17, 15) is 9.18 Å². The molecule has 1 aromatic carbocycles. The molecule has 28 heavy (non-hydrogen) atoms. The van der Waals surface area contributed by atoms with Gasteiger partial charge in [0.15, 0.2) is 0 Å². The van der Waals surface area contributed by atoms with Crippen molar-refractivity contribution in [3.05, 3.63) is 41.5 Å². The molecule has 7 nitrogen and oxygen atoms in total. The SMILES string of the molecule is CCC1CN2C=NC(N3CCN(C(=O)Nc4cccc(F)c4C)CC3)=CC2=N1. The van der Waals surface area contributed by atoms with Crippen LogP contribution in [0.1, 0.15) is 18.9 Å². The predicted octanol–water partition coefficient (Wildman–Crippen LogP) is 2.66. The normalized spacial score (nSPS) is 21.4. The number of fused-ring (bicyclic) bond motifs is 1. The van der Waals surface area contributed by atoms with Gasteiger partial charge in [0.2, 0.25) is 0 Å². The number of hydrogen-bond acceptors (Lipinski definition) is 5. The van der Waals surface area contributed by atoms with Crippen molar-refractivity contribution in [2.45, 2.75) is 26.3 Å². The second kappa shape index (κ2) is 7.61. The molecule has 2 amide bonds. The molecule has 0 spiro atoms. The van der Waals surface area contributed by atoms with Crippen molar-refractivity contribution >= 4 is 23.9 Å². The van der Waals surface area contributed by atoms with E-state index >= 15 is 0 Å². The lowest BCUT2D eigenvalue weighted by molar-refractivity contribution is 0.167. The van der Waals surface area contributed by atoms with Crippen molar-refractivity contribution in [1.29, 1.82) is 0 Å². The first-order chi connectivity index (χ1) is 13.5. The number of halogens is 1. The van der Waals surface area contributed by atoms with Crippen LogP contribution >= 0.6 is 0 Å². The second-order valence-electron chi connectivity index (χ2n) is 7.27. The maximum atomic E-state index is 13.7. The minimum Gasteiger partial charge on any atom is -0.353 e. The summed E-state index contributed by atoms with van der Waals surface area (Å²) in [6.07, 6.45) is 4.91. The predicted molar refractivity (Wildman–Crippen MR) is 108 cm³/mol. The molecule has 3 heterocycles. The number of hydrogen-bond donors (Lipinski definition) is 1. The highest BCUT2D eigenvalue weighted by molar-refractivity contribution is 6.03. The molecule has 4 rings (SSSR count). The van der Waals surface area contributed by atoms with E-state index in [2.05, 4.69) is 27.0 Å².